The summed E-state index contributed by atoms with van der Waals surface area (Å²) in [6.45, 7) is 0. The molecule has 3 heteroatoms. The van der Waals surface area contributed by atoms with E-state index >= 15 is 0 Å². The fourth-order valence-corrected chi connectivity index (χ4v) is 1.85. The van der Waals surface area contributed by atoms with E-state index in [0.717, 1.165) is 12.8 Å². The maximum absolute atomic E-state index is 5.38. The van der Waals surface area contributed by atoms with Gasteiger partial charge in [-0.3, -0.25) is 0 Å². The minimum atomic E-state index is 0.240. The molecule has 0 unspecified atom stereocenters. The van der Waals surface area contributed by atoms with Crippen molar-refractivity contribution in [1.82, 2.24) is 0 Å². The van der Waals surface area contributed by atoms with Gasteiger partial charge in [0.25, 0.3) is 0 Å². The lowest BCUT2D eigenvalue weighted by Gasteiger charge is -2.26. The number of epoxide rings is 1. The van der Waals surface area contributed by atoms with Crippen molar-refractivity contribution >= 4 is 0 Å². The molecule has 0 aromatic heterocycles. The molecule has 1 heterocycles. The lowest BCUT2D eigenvalue weighted by molar-refractivity contribution is -0.0510. The smallest absolute Gasteiger partial charge is 0.0868 e. The summed E-state index contributed by atoms with van der Waals surface area (Å²) < 4.78 is 16.0. The van der Waals surface area contributed by atoms with Crippen molar-refractivity contribution in [2.24, 2.45) is 0 Å². The van der Waals surface area contributed by atoms with Crippen molar-refractivity contribution < 1.29 is 14.2 Å². The zero-order chi connectivity index (χ0) is 7.84. The lowest BCUT2D eigenvalue weighted by atomic mass is 9.95. The third-order valence-corrected chi connectivity index (χ3v) is 2.64. The molecule has 2 rings (SSSR count). The van der Waals surface area contributed by atoms with E-state index in [1.165, 1.54) is 0 Å². The summed E-state index contributed by atoms with van der Waals surface area (Å²) in [4.78, 5) is 0. The van der Waals surface area contributed by atoms with Gasteiger partial charge in [-0.2, -0.15) is 0 Å². The van der Waals surface area contributed by atoms with Crippen LogP contribution in [0.5, 0.6) is 0 Å². The highest BCUT2D eigenvalue weighted by atomic mass is 16.6. The van der Waals surface area contributed by atoms with Crippen molar-refractivity contribution in [3.05, 3.63) is 0 Å². The van der Waals surface area contributed by atoms with Crippen LogP contribution in [0.2, 0.25) is 0 Å². The van der Waals surface area contributed by atoms with Gasteiger partial charge in [0.1, 0.15) is 0 Å². The monoisotopic (exact) mass is 158 g/mol. The molecule has 0 bridgehead atoms. The molecule has 0 amide bonds. The Hall–Kier alpha value is -0.120. The third kappa shape index (κ3) is 1.28. The van der Waals surface area contributed by atoms with Crippen molar-refractivity contribution in [2.45, 2.75) is 37.3 Å². The molecule has 0 N–H and O–H groups in total. The Kier molecular flexibility index (Phi) is 1.87. The van der Waals surface area contributed by atoms with Crippen molar-refractivity contribution in [3.63, 3.8) is 0 Å². The fourth-order valence-electron chi connectivity index (χ4n) is 1.85. The Bertz CT molecular complexity index is 132. The van der Waals surface area contributed by atoms with Crippen LogP contribution in [-0.2, 0) is 14.2 Å². The summed E-state index contributed by atoms with van der Waals surface area (Å²) in [5.74, 6) is 0. The molecule has 3 nitrogen and oxygen atoms in total. The molecule has 11 heavy (non-hydrogen) atoms. The number of fused-ring (bicyclic) bond motifs is 1. The zero-order valence-electron chi connectivity index (χ0n) is 6.95. The Morgan fingerprint density at radius 2 is 1.45 bits per heavy atom. The predicted molar refractivity (Wildman–Crippen MR) is 39.5 cm³/mol. The van der Waals surface area contributed by atoms with Crippen LogP contribution in [0.4, 0.5) is 0 Å². The topological polar surface area (TPSA) is 31.0 Å². The maximum atomic E-state index is 5.38. The summed E-state index contributed by atoms with van der Waals surface area (Å²) in [6, 6.07) is 0. The minimum Gasteiger partial charge on any atom is -0.379 e. The summed E-state index contributed by atoms with van der Waals surface area (Å²) in [5.41, 5.74) is 0. The SMILES string of the molecule is CO[C@H]1C[C@H]2O[C@H]2C[C@H]1OC. The van der Waals surface area contributed by atoms with E-state index in [1.54, 1.807) is 14.2 Å². The summed E-state index contributed by atoms with van der Waals surface area (Å²) in [7, 11) is 3.47. The highest BCUT2D eigenvalue weighted by molar-refractivity contribution is 4.97. The molecule has 2 aliphatic rings. The van der Waals surface area contributed by atoms with Crippen LogP contribution < -0.4 is 0 Å². The number of methoxy groups -OCH3 is 2. The van der Waals surface area contributed by atoms with Gasteiger partial charge < -0.3 is 14.2 Å². The Labute approximate surface area is 66.6 Å². The molecule has 1 aliphatic heterocycles. The van der Waals surface area contributed by atoms with Crippen LogP contribution in [-0.4, -0.2) is 38.6 Å². The Balaban J connectivity index is 1.94. The van der Waals surface area contributed by atoms with Crippen molar-refractivity contribution in [3.8, 4) is 0 Å². The number of hydrogen-bond donors (Lipinski definition) is 0. The van der Waals surface area contributed by atoms with E-state index in [2.05, 4.69) is 0 Å². The van der Waals surface area contributed by atoms with Gasteiger partial charge in [0.15, 0.2) is 0 Å². The normalized spacial score (nSPS) is 48.5. The first-order chi connectivity index (χ1) is 5.35. The molecule has 0 aromatic carbocycles. The molecule has 0 radical (unpaired) electrons. The zero-order valence-corrected chi connectivity index (χ0v) is 6.95. The second-order valence-electron chi connectivity index (χ2n) is 3.23. The molecular weight excluding hydrogens is 144 g/mol. The molecule has 4 atom stereocenters. The molecule has 1 saturated heterocycles. The number of rotatable bonds is 2. The first kappa shape index (κ1) is 7.53. The van der Waals surface area contributed by atoms with Crippen LogP contribution >= 0.6 is 0 Å². The van der Waals surface area contributed by atoms with E-state index < -0.39 is 0 Å². The van der Waals surface area contributed by atoms with E-state index in [4.69, 9.17) is 14.2 Å². The van der Waals surface area contributed by atoms with Crippen LogP contribution in [0.3, 0.4) is 0 Å². The molecule has 0 spiro atoms. The van der Waals surface area contributed by atoms with Crippen LogP contribution in [0.1, 0.15) is 12.8 Å². The summed E-state index contributed by atoms with van der Waals surface area (Å²) in [6.07, 6.45) is 3.41. The van der Waals surface area contributed by atoms with Gasteiger partial charge in [-0.1, -0.05) is 0 Å². The average Bonchev–Trinajstić information content (AvgIpc) is 2.79. The van der Waals surface area contributed by atoms with E-state index in [-0.39, 0.29) is 12.2 Å². The van der Waals surface area contributed by atoms with Gasteiger partial charge in [0, 0.05) is 27.1 Å². The van der Waals surface area contributed by atoms with E-state index in [1.807, 2.05) is 0 Å². The summed E-state index contributed by atoms with van der Waals surface area (Å²) >= 11 is 0. The molecule has 64 valence electrons. The number of ether oxygens (including phenoxy) is 3. The summed E-state index contributed by atoms with van der Waals surface area (Å²) in [5, 5.41) is 0. The van der Waals surface area contributed by atoms with Crippen molar-refractivity contribution in [1.29, 1.82) is 0 Å². The van der Waals surface area contributed by atoms with Gasteiger partial charge in [0.05, 0.1) is 24.4 Å². The highest BCUT2D eigenvalue weighted by Crippen LogP contribution is 2.38. The quantitative estimate of drug-likeness (QED) is 0.551. The second-order valence-corrected chi connectivity index (χ2v) is 3.23. The first-order valence-corrected chi connectivity index (χ1v) is 4.06. The van der Waals surface area contributed by atoms with Crippen LogP contribution in [0.25, 0.3) is 0 Å². The van der Waals surface area contributed by atoms with Gasteiger partial charge in [-0.25, -0.2) is 0 Å². The lowest BCUT2D eigenvalue weighted by Crippen LogP contribution is -2.36. The fraction of sp³-hybridized carbons (Fsp3) is 1.00. The van der Waals surface area contributed by atoms with Gasteiger partial charge in [-0.15, -0.1) is 0 Å². The third-order valence-electron chi connectivity index (χ3n) is 2.64. The average molecular weight is 158 g/mol. The largest absolute Gasteiger partial charge is 0.379 e. The van der Waals surface area contributed by atoms with Gasteiger partial charge >= 0.3 is 0 Å². The minimum absolute atomic E-state index is 0.240. The standard InChI is InChI=1S/C8H14O3/c1-9-5-3-7-8(11-7)4-6(5)10-2/h5-8H,3-4H2,1-2H3/t5-,6+,7+,8-. The number of hydrogen-bond acceptors (Lipinski definition) is 3. The molecule has 2 fully saturated rings. The second kappa shape index (κ2) is 2.73. The molecule has 1 saturated carbocycles. The maximum Gasteiger partial charge on any atom is 0.0868 e. The Morgan fingerprint density at radius 3 is 1.82 bits per heavy atom. The molecule has 0 aromatic rings. The van der Waals surface area contributed by atoms with E-state index in [9.17, 15) is 0 Å². The highest BCUT2D eigenvalue weighted by Gasteiger charge is 2.48. The van der Waals surface area contributed by atoms with Crippen LogP contribution in [0.15, 0.2) is 0 Å². The van der Waals surface area contributed by atoms with Crippen molar-refractivity contribution in [2.75, 3.05) is 14.2 Å². The first-order valence-electron chi connectivity index (χ1n) is 4.06. The Morgan fingerprint density at radius 1 is 1.00 bits per heavy atom. The van der Waals surface area contributed by atoms with E-state index in [0.29, 0.717) is 12.2 Å². The molecular formula is C8H14O3. The predicted octanol–water partition coefficient (Wildman–Crippen LogP) is 0.578. The van der Waals surface area contributed by atoms with Gasteiger partial charge in [-0.05, 0) is 0 Å². The van der Waals surface area contributed by atoms with Gasteiger partial charge in [0.2, 0.25) is 0 Å². The van der Waals surface area contributed by atoms with Crippen LogP contribution in [0, 0.1) is 0 Å². The molecule has 1 aliphatic carbocycles.